The van der Waals surface area contributed by atoms with Crippen LogP contribution in [-0.4, -0.2) is 76.6 Å². The SMILES string of the molecule is CC(C)(C)Nc1nc(C(C(=O)OC(C)(C)C)(C(=O)OC(C)(C)C)[N+](=O)[O-])nc(C(C(=O)OC(C)(C)C)(C(=O)OC(C)(C)C)[N+](=O)[O-])n1. The second-order valence-corrected chi connectivity index (χ2v) is 15.6. The predicted octanol–water partition coefficient (Wildman–Crippen LogP) is 3.39. The Kier molecular flexibility index (Phi) is 11.2. The van der Waals surface area contributed by atoms with Gasteiger partial charge in [0.1, 0.15) is 22.4 Å². The van der Waals surface area contributed by atoms with E-state index in [9.17, 15) is 39.4 Å². The number of esters is 4. The molecule has 0 radical (unpaired) electrons. The highest BCUT2D eigenvalue weighted by Crippen LogP contribution is 2.35. The first-order valence-electron chi connectivity index (χ1n) is 14.5. The molecule has 0 amide bonds. The molecule has 0 unspecified atom stereocenters. The highest BCUT2D eigenvalue weighted by atomic mass is 16.7. The van der Waals surface area contributed by atoms with Gasteiger partial charge in [0, 0.05) is 5.54 Å². The molecule has 0 saturated heterocycles. The second-order valence-electron chi connectivity index (χ2n) is 15.6. The molecule has 0 aromatic carbocycles. The minimum Gasteiger partial charge on any atom is -0.454 e. The first-order chi connectivity index (χ1) is 20.7. The number of hydrogen-bond donors (Lipinski definition) is 1. The molecule has 18 nitrogen and oxygen atoms in total. The first kappa shape index (κ1) is 40.5. The van der Waals surface area contributed by atoms with E-state index in [1.807, 2.05) is 0 Å². The standard InChI is InChI=1S/C29H46N6O12/c1-23(2,3)33-22-31-16(28(34(40)41,18(36)44-24(4,5)6)19(37)45-25(7,8)9)30-17(32-22)29(35(42)43,20(38)46-26(10,11)12)21(39)47-27(13,14)15/h1-15H3,(H,30,31,32,33). The average molecular weight is 671 g/mol. The molecule has 0 aliphatic heterocycles. The second kappa shape index (κ2) is 12.9. The lowest BCUT2D eigenvalue weighted by molar-refractivity contribution is -0.555. The topological polar surface area (TPSA) is 242 Å². The number of anilines is 1. The number of rotatable bonds is 9. The normalized spacial score (nSPS) is 13.3. The van der Waals surface area contributed by atoms with Crippen LogP contribution in [0, 0.1) is 20.2 Å². The quantitative estimate of drug-likeness (QED) is 0.130. The molecule has 0 bridgehead atoms. The van der Waals surface area contributed by atoms with Crippen LogP contribution in [0.25, 0.3) is 0 Å². The van der Waals surface area contributed by atoms with Gasteiger partial charge < -0.3 is 24.3 Å². The number of carbonyl (C=O) groups excluding carboxylic acids is 4. The van der Waals surface area contributed by atoms with Crippen molar-refractivity contribution >= 4 is 29.8 Å². The molecule has 264 valence electrons. The fourth-order valence-corrected chi connectivity index (χ4v) is 3.49. The summed E-state index contributed by atoms with van der Waals surface area (Å²) in [6.07, 6.45) is 0. The largest absolute Gasteiger partial charge is 0.468 e. The van der Waals surface area contributed by atoms with Gasteiger partial charge >= 0.3 is 35.0 Å². The van der Waals surface area contributed by atoms with Crippen LogP contribution in [0.2, 0.25) is 0 Å². The average Bonchev–Trinajstić information content (AvgIpc) is 2.73. The van der Waals surface area contributed by atoms with E-state index in [0.29, 0.717) is 0 Å². The summed E-state index contributed by atoms with van der Waals surface area (Å²) in [5, 5.41) is 28.7. The van der Waals surface area contributed by atoms with Crippen molar-refractivity contribution in [3.8, 4) is 0 Å². The fourth-order valence-electron chi connectivity index (χ4n) is 3.49. The van der Waals surface area contributed by atoms with Gasteiger partial charge in [-0.05, 0) is 104 Å². The Bertz CT molecular complexity index is 1270. The molecule has 0 spiro atoms. The highest BCUT2D eigenvalue weighted by molar-refractivity contribution is 6.05. The molecule has 1 rings (SSSR count). The minimum atomic E-state index is -3.75. The Morgan fingerprint density at radius 1 is 0.511 bits per heavy atom. The lowest BCUT2D eigenvalue weighted by Gasteiger charge is -2.30. The van der Waals surface area contributed by atoms with Crippen molar-refractivity contribution in [3.63, 3.8) is 0 Å². The van der Waals surface area contributed by atoms with E-state index in [4.69, 9.17) is 18.9 Å². The maximum atomic E-state index is 13.8. The summed E-state index contributed by atoms with van der Waals surface area (Å²) in [6.45, 7) is 21.1. The van der Waals surface area contributed by atoms with Crippen LogP contribution >= 0.6 is 0 Å². The van der Waals surface area contributed by atoms with Gasteiger partial charge in [0.15, 0.2) is 0 Å². The lowest BCUT2D eigenvalue weighted by atomic mass is 9.95. The number of nitro groups is 2. The maximum absolute atomic E-state index is 13.8. The lowest BCUT2D eigenvalue weighted by Crippen LogP contribution is -2.58. The zero-order chi connectivity index (χ0) is 37.4. The van der Waals surface area contributed by atoms with E-state index in [-0.39, 0.29) is 0 Å². The summed E-state index contributed by atoms with van der Waals surface area (Å²) in [7, 11) is 0. The number of nitrogens with zero attached hydrogens (tertiary/aromatic N) is 5. The van der Waals surface area contributed by atoms with Crippen molar-refractivity contribution in [1.29, 1.82) is 0 Å². The van der Waals surface area contributed by atoms with Crippen molar-refractivity contribution in [1.82, 2.24) is 15.0 Å². The van der Waals surface area contributed by atoms with Crippen molar-refractivity contribution < 1.29 is 48.0 Å². The van der Waals surface area contributed by atoms with Crippen LogP contribution in [0.15, 0.2) is 0 Å². The number of hydrogen-bond acceptors (Lipinski definition) is 16. The molecule has 0 atom stereocenters. The molecule has 0 aliphatic rings. The van der Waals surface area contributed by atoms with E-state index in [2.05, 4.69) is 20.3 Å². The number of aromatic nitrogens is 3. The van der Waals surface area contributed by atoms with Gasteiger partial charge in [-0.25, -0.2) is 24.2 Å². The number of ether oxygens (including phenoxy) is 4. The molecule has 0 fully saturated rings. The summed E-state index contributed by atoms with van der Waals surface area (Å²) in [5.74, 6) is -10.7. The zero-order valence-electron chi connectivity index (χ0n) is 29.6. The van der Waals surface area contributed by atoms with Gasteiger partial charge in [0.25, 0.3) is 0 Å². The van der Waals surface area contributed by atoms with Crippen molar-refractivity contribution in [2.24, 2.45) is 0 Å². The summed E-state index contributed by atoms with van der Waals surface area (Å²) in [5.41, 5.74) is -14.2. The zero-order valence-corrected chi connectivity index (χ0v) is 29.6. The summed E-state index contributed by atoms with van der Waals surface area (Å²) in [4.78, 5) is 90.0. The summed E-state index contributed by atoms with van der Waals surface area (Å²) >= 11 is 0. The molecular formula is C29H46N6O12. The van der Waals surface area contributed by atoms with Gasteiger partial charge in [-0.15, -0.1) is 0 Å². The Morgan fingerprint density at radius 2 is 0.745 bits per heavy atom. The Balaban J connectivity index is 4.66. The molecule has 47 heavy (non-hydrogen) atoms. The molecule has 1 N–H and O–H groups in total. The number of nitrogens with one attached hydrogen (secondary N) is 1. The van der Waals surface area contributed by atoms with E-state index >= 15 is 0 Å². The third-order valence-electron chi connectivity index (χ3n) is 5.09. The van der Waals surface area contributed by atoms with Gasteiger partial charge in [-0.1, -0.05) is 0 Å². The van der Waals surface area contributed by atoms with Crippen molar-refractivity contribution in [3.05, 3.63) is 31.9 Å². The third-order valence-corrected chi connectivity index (χ3v) is 5.09. The maximum Gasteiger partial charge on any atom is 0.468 e. The van der Waals surface area contributed by atoms with E-state index in [0.717, 1.165) is 0 Å². The molecule has 0 aliphatic carbocycles. The van der Waals surface area contributed by atoms with Crippen molar-refractivity contribution in [2.75, 3.05) is 5.32 Å². The van der Waals surface area contributed by atoms with E-state index in [1.165, 1.54) is 83.1 Å². The smallest absolute Gasteiger partial charge is 0.454 e. The Labute approximate surface area is 273 Å². The molecule has 1 aromatic heterocycles. The van der Waals surface area contributed by atoms with Gasteiger partial charge in [0.2, 0.25) is 17.6 Å². The van der Waals surface area contributed by atoms with Crippen LogP contribution in [0.1, 0.15) is 116 Å². The minimum absolute atomic E-state index is 0.700. The van der Waals surface area contributed by atoms with Crippen LogP contribution in [0.4, 0.5) is 5.95 Å². The Morgan fingerprint density at radius 3 is 0.915 bits per heavy atom. The third kappa shape index (κ3) is 9.99. The molecule has 1 aromatic rings. The van der Waals surface area contributed by atoms with Crippen LogP contribution < -0.4 is 5.32 Å². The molecule has 1 heterocycles. The van der Waals surface area contributed by atoms with Crippen LogP contribution in [0.5, 0.6) is 0 Å². The number of carbonyl (C=O) groups is 4. The fraction of sp³-hybridized carbons (Fsp3) is 0.759. The van der Waals surface area contributed by atoms with Gasteiger partial charge in [0.05, 0.1) is 9.85 Å². The van der Waals surface area contributed by atoms with Crippen LogP contribution in [-0.2, 0) is 49.2 Å². The first-order valence-corrected chi connectivity index (χ1v) is 14.5. The van der Waals surface area contributed by atoms with E-state index in [1.54, 1.807) is 20.8 Å². The van der Waals surface area contributed by atoms with Gasteiger partial charge in [-0.2, -0.15) is 9.97 Å². The van der Waals surface area contributed by atoms with Crippen molar-refractivity contribution in [2.45, 2.75) is 143 Å². The summed E-state index contributed by atoms with van der Waals surface area (Å²) in [6, 6.07) is 0. The van der Waals surface area contributed by atoms with Gasteiger partial charge in [-0.3, -0.25) is 20.2 Å². The summed E-state index contributed by atoms with van der Waals surface area (Å²) < 4.78 is 21.1. The molecule has 18 heteroatoms. The predicted molar refractivity (Wildman–Crippen MR) is 164 cm³/mol. The molecular weight excluding hydrogens is 624 g/mol. The monoisotopic (exact) mass is 670 g/mol. The van der Waals surface area contributed by atoms with E-state index < -0.39 is 90.3 Å². The highest BCUT2D eigenvalue weighted by Gasteiger charge is 2.71. The van der Waals surface area contributed by atoms with Crippen LogP contribution in [0.3, 0.4) is 0 Å². The molecule has 0 saturated carbocycles. The Hall–Kier alpha value is -4.51.